The Morgan fingerprint density at radius 2 is 2.08 bits per heavy atom. The van der Waals surface area contributed by atoms with Crippen LogP contribution < -0.4 is 10.6 Å². The molecule has 0 aliphatic carbocycles. The second kappa shape index (κ2) is 6.29. The molecule has 4 rings (SSSR count). The van der Waals surface area contributed by atoms with E-state index in [4.69, 9.17) is 0 Å². The number of H-pyrrole nitrogens is 1. The summed E-state index contributed by atoms with van der Waals surface area (Å²) in [6.45, 7) is 3.81. The zero-order chi connectivity index (χ0) is 17.4. The molecule has 6 heteroatoms. The van der Waals surface area contributed by atoms with Gasteiger partial charge < -0.3 is 15.6 Å². The third kappa shape index (κ3) is 2.78. The SMILES string of the molecule is CNc1cc(F)cc(-c2ncnc3[nH]c(C4=CCNCC4)cc23)c1C. The van der Waals surface area contributed by atoms with Crippen molar-refractivity contribution in [2.45, 2.75) is 13.3 Å². The molecule has 1 aliphatic rings. The van der Waals surface area contributed by atoms with Crippen molar-refractivity contribution in [3.63, 3.8) is 0 Å². The standard InChI is InChI=1S/C19H20FN5/c1-11-14(7-13(20)8-16(11)21-2)18-15-9-17(12-3-5-22-6-4-12)25-19(15)24-10-23-18/h3,7-10,21-22H,4-6H2,1-2H3,(H,23,24,25). The Morgan fingerprint density at radius 1 is 1.20 bits per heavy atom. The Morgan fingerprint density at radius 3 is 2.84 bits per heavy atom. The molecule has 0 bridgehead atoms. The topological polar surface area (TPSA) is 65.6 Å². The van der Waals surface area contributed by atoms with E-state index in [1.54, 1.807) is 7.05 Å². The van der Waals surface area contributed by atoms with Gasteiger partial charge in [0.1, 0.15) is 17.8 Å². The van der Waals surface area contributed by atoms with Crippen LogP contribution in [0.1, 0.15) is 17.7 Å². The molecule has 0 spiro atoms. The maximum Gasteiger partial charge on any atom is 0.141 e. The number of fused-ring (bicyclic) bond motifs is 1. The van der Waals surface area contributed by atoms with Crippen molar-refractivity contribution in [1.82, 2.24) is 20.3 Å². The number of aromatic amines is 1. The highest BCUT2D eigenvalue weighted by atomic mass is 19.1. The van der Waals surface area contributed by atoms with Crippen LogP contribution in [0.2, 0.25) is 0 Å². The molecular formula is C19H20FN5. The monoisotopic (exact) mass is 337 g/mol. The molecule has 0 radical (unpaired) electrons. The van der Waals surface area contributed by atoms with Crippen LogP contribution in [0.3, 0.4) is 0 Å². The van der Waals surface area contributed by atoms with Crippen LogP contribution in [-0.4, -0.2) is 35.1 Å². The summed E-state index contributed by atoms with van der Waals surface area (Å²) in [5.74, 6) is -0.284. The fraction of sp³-hybridized carbons (Fsp3) is 0.263. The summed E-state index contributed by atoms with van der Waals surface area (Å²) in [5, 5.41) is 7.27. The van der Waals surface area contributed by atoms with E-state index in [1.165, 1.54) is 24.0 Å². The fourth-order valence-electron chi connectivity index (χ4n) is 3.38. The number of hydrogen-bond acceptors (Lipinski definition) is 4. The van der Waals surface area contributed by atoms with E-state index in [1.807, 2.05) is 6.92 Å². The van der Waals surface area contributed by atoms with Crippen LogP contribution in [0.15, 0.2) is 30.6 Å². The molecule has 3 heterocycles. The van der Waals surface area contributed by atoms with Crippen molar-refractivity contribution < 1.29 is 4.39 Å². The Kier molecular flexibility index (Phi) is 3.97. The van der Waals surface area contributed by atoms with E-state index in [2.05, 4.69) is 37.7 Å². The lowest BCUT2D eigenvalue weighted by Crippen LogP contribution is -2.20. The van der Waals surface area contributed by atoms with Crippen molar-refractivity contribution in [3.05, 3.63) is 47.7 Å². The molecule has 1 aromatic carbocycles. The van der Waals surface area contributed by atoms with Crippen LogP contribution in [0.4, 0.5) is 10.1 Å². The van der Waals surface area contributed by atoms with E-state index < -0.39 is 0 Å². The molecular weight excluding hydrogens is 317 g/mol. The van der Waals surface area contributed by atoms with Gasteiger partial charge in [0, 0.05) is 35.9 Å². The first-order chi connectivity index (χ1) is 12.2. The van der Waals surface area contributed by atoms with E-state index >= 15 is 0 Å². The number of aromatic nitrogens is 3. The number of rotatable bonds is 3. The molecule has 3 aromatic rings. The summed E-state index contributed by atoms with van der Waals surface area (Å²) in [7, 11) is 1.79. The van der Waals surface area contributed by atoms with Gasteiger partial charge in [-0.2, -0.15) is 0 Å². The Bertz CT molecular complexity index is 973. The summed E-state index contributed by atoms with van der Waals surface area (Å²) in [4.78, 5) is 12.2. The third-order valence-corrected chi connectivity index (χ3v) is 4.73. The predicted octanol–water partition coefficient (Wildman–Crippen LogP) is 3.49. The van der Waals surface area contributed by atoms with Crippen molar-refractivity contribution in [3.8, 4) is 11.3 Å². The highest BCUT2D eigenvalue weighted by molar-refractivity contribution is 5.94. The maximum atomic E-state index is 14.1. The number of nitrogens with one attached hydrogen (secondary N) is 3. The van der Waals surface area contributed by atoms with Gasteiger partial charge in [-0.15, -0.1) is 0 Å². The quantitative estimate of drug-likeness (QED) is 0.684. The van der Waals surface area contributed by atoms with E-state index in [9.17, 15) is 4.39 Å². The van der Waals surface area contributed by atoms with Gasteiger partial charge in [-0.05, 0) is 49.2 Å². The highest BCUT2D eigenvalue weighted by Crippen LogP contribution is 2.34. The average molecular weight is 337 g/mol. The summed E-state index contributed by atoms with van der Waals surface area (Å²) in [6.07, 6.45) is 4.69. The van der Waals surface area contributed by atoms with Gasteiger partial charge in [-0.25, -0.2) is 14.4 Å². The van der Waals surface area contributed by atoms with Crippen molar-refractivity contribution in [2.24, 2.45) is 0 Å². The molecule has 5 nitrogen and oxygen atoms in total. The van der Waals surface area contributed by atoms with Gasteiger partial charge in [0.25, 0.3) is 0 Å². The molecule has 128 valence electrons. The lowest BCUT2D eigenvalue weighted by Gasteiger charge is -2.12. The molecule has 0 saturated carbocycles. The zero-order valence-electron chi connectivity index (χ0n) is 14.3. The van der Waals surface area contributed by atoms with Crippen molar-refractivity contribution in [1.29, 1.82) is 0 Å². The molecule has 3 N–H and O–H groups in total. The number of nitrogens with zero attached hydrogens (tertiary/aromatic N) is 2. The van der Waals surface area contributed by atoms with Crippen molar-refractivity contribution >= 4 is 22.3 Å². The third-order valence-electron chi connectivity index (χ3n) is 4.73. The number of benzene rings is 1. The van der Waals surface area contributed by atoms with Gasteiger partial charge in [-0.1, -0.05) is 6.08 Å². The summed E-state index contributed by atoms with van der Waals surface area (Å²) < 4.78 is 14.1. The molecule has 25 heavy (non-hydrogen) atoms. The number of anilines is 1. The summed E-state index contributed by atoms with van der Waals surface area (Å²) >= 11 is 0. The summed E-state index contributed by atoms with van der Waals surface area (Å²) in [5.41, 5.74) is 6.35. The first kappa shape index (κ1) is 15.8. The predicted molar refractivity (Wildman–Crippen MR) is 99.0 cm³/mol. The van der Waals surface area contributed by atoms with Crippen LogP contribution in [0, 0.1) is 12.7 Å². The molecule has 1 aliphatic heterocycles. The molecule has 0 amide bonds. The molecule has 0 unspecified atom stereocenters. The fourth-order valence-corrected chi connectivity index (χ4v) is 3.38. The molecule has 0 fully saturated rings. The zero-order valence-corrected chi connectivity index (χ0v) is 14.3. The van der Waals surface area contributed by atoms with Crippen LogP contribution in [0.25, 0.3) is 27.9 Å². The smallest absolute Gasteiger partial charge is 0.141 e. The minimum Gasteiger partial charge on any atom is -0.388 e. The van der Waals surface area contributed by atoms with E-state index in [-0.39, 0.29) is 5.82 Å². The Balaban J connectivity index is 1.90. The first-order valence-electron chi connectivity index (χ1n) is 8.39. The first-order valence-corrected chi connectivity index (χ1v) is 8.39. The van der Waals surface area contributed by atoms with Crippen LogP contribution in [-0.2, 0) is 0 Å². The second-order valence-corrected chi connectivity index (χ2v) is 6.23. The van der Waals surface area contributed by atoms with Gasteiger partial charge in [0.05, 0.1) is 5.69 Å². The molecule has 2 aromatic heterocycles. The molecule has 0 atom stereocenters. The highest BCUT2D eigenvalue weighted by Gasteiger charge is 2.16. The minimum absolute atomic E-state index is 0.284. The maximum absolute atomic E-state index is 14.1. The van der Waals surface area contributed by atoms with Gasteiger partial charge in [0.15, 0.2) is 0 Å². The number of halogens is 1. The lowest BCUT2D eigenvalue weighted by atomic mass is 10.0. The van der Waals surface area contributed by atoms with Gasteiger partial charge in [-0.3, -0.25) is 0 Å². The lowest BCUT2D eigenvalue weighted by molar-refractivity contribution is 0.628. The second-order valence-electron chi connectivity index (χ2n) is 6.23. The normalized spacial score (nSPS) is 14.6. The van der Waals surface area contributed by atoms with Gasteiger partial charge in [0.2, 0.25) is 0 Å². The van der Waals surface area contributed by atoms with E-state index in [0.29, 0.717) is 0 Å². The Hall–Kier alpha value is -2.73. The number of hydrogen-bond donors (Lipinski definition) is 3. The largest absolute Gasteiger partial charge is 0.388 e. The van der Waals surface area contributed by atoms with Crippen LogP contribution in [0.5, 0.6) is 0 Å². The molecule has 0 saturated heterocycles. The van der Waals surface area contributed by atoms with Crippen molar-refractivity contribution in [2.75, 3.05) is 25.5 Å². The van der Waals surface area contributed by atoms with Crippen LogP contribution >= 0.6 is 0 Å². The summed E-state index contributed by atoms with van der Waals surface area (Å²) in [6, 6.07) is 5.11. The average Bonchev–Trinajstić information content (AvgIpc) is 3.08. The van der Waals surface area contributed by atoms with E-state index in [0.717, 1.165) is 58.7 Å². The Labute approximate surface area is 145 Å². The minimum atomic E-state index is -0.284. The van der Waals surface area contributed by atoms with Gasteiger partial charge >= 0.3 is 0 Å².